The van der Waals surface area contributed by atoms with E-state index in [9.17, 15) is 4.79 Å². The number of nitrogens with one attached hydrogen (secondary N) is 1. The van der Waals surface area contributed by atoms with Gasteiger partial charge in [0.2, 0.25) is 5.91 Å². The van der Waals surface area contributed by atoms with Gasteiger partial charge in [0.05, 0.1) is 0 Å². The molecular weight excluding hydrogens is 284 g/mol. The molecular formula is C17H25ClN2O. The van der Waals surface area contributed by atoms with Gasteiger partial charge in [-0.3, -0.25) is 4.79 Å². The van der Waals surface area contributed by atoms with Crippen LogP contribution in [0.3, 0.4) is 0 Å². The Morgan fingerprint density at radius 2 is 1.71 bits per heavy atom. The van der Waals surface area contributed by atoms with Crippen molar-refractivity contribution in [1.29, 1.82) is 0 Å². The highest BCUT2D eigenvalue weighted by Crippen LogP contribution is 2.21. The molecule has 0 radical (unpaired) electrons. The number of unbranched alkanes of at least 4 members (excludes halogenated alkanes) is 1. The summed E-state index contributed by atoms with van der Waals surface area (Å²) in [5, 5.41) is 2.94. The second kappa shape index (κ2) is 8.93. The van der Waals surface area contributed by atoms with Gasteiger partial charge in [0.15, 0.2) is 0 Å². The molecule has 3 nitrogen and oxygen atoms in total. The highest BCUT2D eigenvalue weighted by atomic mass is 35.5. The molecule has 21 heavy (non-hydrogen) atoms. The Morgan fingerprint density at radius 3 is 2.33 bits per heavy atom. The topological polar surface area (TPSA) is 32.3 Å². The van der Waals surface area contributed by atoms with E-state index in [2.05, 4.69) is 22.3 Å². The van der Waals surface area contributed by atoms with Gasteiger partial charge < -0.3 is 10.2 Å². The fourth-order valence-electron chi connectivity index (χ4n) is 2.69. The maximum absolute atomic E-state index is 11.8. The second-order valence-corrected chi connectivity index (χ2v) is 6.02. The molecule has 0 bridgehead atoms. The third kappa shape index (κ3) is 5.58. The smallest absolute Gasteiger partial charge is 0.224 e. The fourth-order valence-corrected chi connectivity index (χ4v) is 2.88. The van der Waals surface area contributed by atoms with Crippen molar-refractivity contribution in [1.82, 2.24) is 0 Å². The van der Waals surface area contributed by atoms with Crippen molar-refractivity contribution in [2.45, 2.75) is 44.9 Å². The Morgan fingerprint density at radius 1 is 1.05 bits per heavy atom. The standard InChI is InChI=1S/C17H25ClN2O/c18-12-4-3-7-17(21)19-15-8-10-16(11-9-15)20-13-5-1-2-6-14-20/h8-11H,1-7,12-14H2,(H,19,21). The summed E-state index contributed by atoms with van der Waals surface area (Å²) in [5.41, 5.74) is 2.14. The number of carbonyl (C=O) groups excluding carboxylic acids is 1. The van der Waals surface area contributed by atoms with Crippen LogP contribution in [-0.2, 0) is 4.79 Å². The largest absolute Gasteiger partial charge is 0.372 e. The van der Waals surface area contributed by atoms with Crippen LogP contribution in [0.25, 0.3) is 0 Å². The Hall–Kier alpha value is -1.22. The maximum atomic E-state index is 11.8. The lowest BCUT2D eigenvalue weighted by molar-refractivity contribution is -0.116. The van der Waals surface area contributed by atoms with E-state index in [0.717, 1.165) is 31.6 Å². The predicted octanol–water partition coefficient (Wildman–Crippen LogP) is 4.41. The van der Waals surface area contributed by atoms with E-state index in [0.29, 0.717) is 12.3 Å². The molecule has 1 aromatic rings. The Kier molecular flexibility index (Phi) is 6.87. The Bertz CT molecular complexity index is 425. The van der Waals surface area contributed by atoms with Crippen molar-refractivity contribution in [3.05, 3.63) is 24.3 Å². The van der Waals surface area contributed by atoms with E-state index >= 15 is 0 Å². The van der Waals surface area contributed by atoms with Crippen molar-refractivity contribution in [3.8, 4) is 0 Å². The summed E-state index contributed by atoms with van der Waals surface area (Å²) in [5.74, 6) is 0.695. The summed E-state index contributed by atoms with van der Waals surface area (Å²) in [4.78, 5) is 14.2. The average Bonchev–Trinajstić information content (AvgIpc) is 2.77. The molecule has 0 spiro atoms. The molecule has 1 aliphatic heterocycles. The first-order chi connectivity index (χ1) is 10.3. The molecule has 1 fully saturated rings. The van der Waals surface area contributed by atoms with Gasteiger partial charge in [-0.1, -0.05) is 12.8 Å². The van der Waals surface area contributed by atoms with Crippen molar-refractivity contribution >= 4 is 28.9 Å². The first-order valence-corrected chi connectivity index (χ1v) is 8.54. The fraction of sp³-hybridized carbons (Fsp3) is 0.588. The van der Waals surface area contributed by atoms with Gasteiger partial charge in [-0.15, -0.1) is 11.6 Å². The van der Waals surface area contributed by atoms with Gasteiger partial charge in [0, 0.05) is 36.8 Å². The zero-order valence-electron chi connectivity index (χ0n) is 12.6. The van der Waals surface area contributed by atoms with E-state index in [1.807, 2.05) is 12.1 Å². The molecule has 116 valence electrons. The van der Waals surface area contributed by atoms with Crippen LogP contribution in [0.15, 0.2) is 24.3 Å². The molecule has 1 amide bonds. The van der Waals surface area contributed by atoms with Crippen LogP contribution < -0.4 is 10.2 Å². The molecule has 1 aromatic carbocycles. The molecule has 1 N–H and O–H groups in total. The van der Waals surface area contributed by atoms with Crippen LogP contribution in [0.1, 0.15) is 44.9 Å². The normalized spacial score (nSPS) is 15.6. The first-order valence-electron chi connectivity index (χ1n) is 8.00. The predicted molar refractivity (Wildman–Crippen MR) is 90.3 cm³/mol. The van der Waals surface area contributed by atoms with Crippen molar-refractivity contribution in [2.24, 2.45) is 0 Å². The van der Waals surface area contributed by atoms with Gasteiger partial charge in [-0.05, 0) is 49.9 Å². The molecule has 2 rings (SSSR count). The number of carbonyl (C=O) groups is 1. The molecule has 0 aromatic heterocycles. The summed E-state index contributed by atoms with van der Waals surface area (Å²) in [7, 11) is 0. The Balaban J connectivity index is 1.84. The maximum Gasteiger partial charge on any atom is 0.224 e. The SMILES string of the molecule is O=C(CCCCCl)Nc1ccc(N2CCCCCC2)cc1. The third-order valence-corrected chi connectivity index (χ3v) is 4.18. The zero-order chi connectivity index (χ0) is 14.9. The van der Waals surface area contributed by atoms with Gasteiger partial charge in [0.1, 0.15) is 0 Å². The van der Waals surface area contributed by atoms with E-state index in [1.54, 1.807) is 0 Å². The number of anilines is 2. The van der Waals surface area contributed by atoms with Crippen molar-refractivity contribution in [3.63, 3.8) is 0 Å². The monoisotopic (exact) mass is 308 g/mol. The Labute approximate surface area is 132 Å². The quantitative estimate of drug-likeness (QED) is 0.623. The molecule has 4 heteroatoms. The number of nitrogens with zero attached hydrogens (tertiary/aromatic N) is 1. The second-order valence-electron chi connectivity index (χ2n) is 5.64. The molecule has 1 heterocycles. The van der Waals surface area contributed by atoms with Crippen LogP contribution in [-0.4, -0.2) is 24.9 Å². The van der Waals surface area contributed by atoms with E-state index in [4.69, 9.17) is 11.6 Å². The van der Waals surface area contributed by atoms with Crippen LogP contribution in [0.4, 0.5) is 11.4 Å². The lowest BCUT2D eigenvalue weighted by Crippen LogP contribution is -2.23. The molecule has 0 unspecified atom stereocenters. The summed E-state index contributed by atoms with van der Waals surface area (Å²) < 4.78 is 0. The van der Waals surface area contributed by atoms with Crippen LogP contribution in [0.2, 0.25) is 0 Å². The van der Waals surface area contributed by atoms with Gasteiger partial charge in [-0.25, -0.2) is 0 Å². The lowest BCUT2D eigenvalue weighted by Gasteiger charge is -2.22. The van der Waals surface area contributed by atoms with Crippen LogP contribution in [0.5, 0.6) is 0 Å². The highest BCUT2D eigenvalue weighted by Gasteiger charge is 2.10. The number of halogens is 1. The molecule has 0 aliphatic carbocycles. The number of hydrogen-bond donors (Lipinski definition) is 1. The van der Waals surface area contributed by atoms with Gasteiger partial charge in [-0.2, -0.15) is 0 Å². The van der Waals surface area contributed by atoms with E-state index in [-0.39, 0.29) is 5.91 Å². The summed E-state index contributed by atoms with van der Waals surface area (Å²) >= 11 is 5.61. The minimum atomic E-state index is 0.0719. The van der Waals surface area contributed by atoms with Gasteiger partial charge >= 0.3 is 0 Å². The lowest BCUT2D eigenvalue weighted by atomic mass is 10.2. The minimum Gasteiger partial charge on any atom is -0.372 e. The summed E-state index contributed by atoms with van der Waals surface area (Å²) in [6, 6.07) is 8.22. The van der Waals surface area contributed by atoms with Crippen LogP contribution >= 0.6 is 11.6 Å². The third-order valence-electron chi connectivity index (χ3n) is 3.91. The van der Waals surface area contributed by atoms with Gasteiger partial charge in [0.25, 0.3) is 0 Å². The number of amides is 1. The summed E-state index contributed by atoms with van der Waals surface area (Å²) in [6.07, 6.45) is 7.52. The minimum absolute atomic E-state index is 0.0719. The molecule has 1 saturated heterocycles. The number of benzene rings is 1. The number of alkyl halides is 1. The van der Waals surface area contributed by atoms with Crippen LogP contribution in [0, 0.1) is 0 Å². The van der Waals surface area contributed by atoms with E-state index in [1.165, 1.54) is 31.4 Å². The average molecular weight is 309 g/mol. The van der Waals surface area contributed by atoms with Crippen molar-refractivity contribution < 1.29 is 4.79 Å². The number of rotatable bonds is 6. The highest BCUT2D eigenvalue weighted by molar-refractivity contribution is 6.17. The zero-order valence-corrected chi connectivity index (χ0v) is 13.4. The van der Waals surface area contributed by atoms with Crippen molar-refractivity contribution in [2.75, 3.05) is 29.2 Å². The number of hydrogen-bond acceptors (Lipinski definition) is 2. The first kappa shape index (κ1) is 16.2. The molecule has 0 saturated carbocycles. The molecule has 1 aliphatic rings. The van der Waals surface area contributed by atoms with E-state index < -0.39 is 0 Å². The summed E-state index contributed by atoms with van der Waals surface area (Å²) in [6.45, 7) is 2.29. The molecule has 0 atom stereocenters.